The van der Waals surface area contributed by atoms with Crippen molar-refractivity contribution in [1.29, 1.82) is 0 Å². The summed E-state index contributed by atoms with van der Waals surface area (Å²) >= 11 is 0. The van der Waals surface area contributed by atoms with Crippen LogP contribution in [0.3, 0.4) is 0 Å². The Morgan fingerprint density at radius 1 is 0.935 bits per heavy atom. The first-order chi connectivity index (χ1) is 15.0. The van der Waals surface area contributed by atoms with Gasteiger partial charge in [0.05, 0.1) is 0 Å². The number of hydrogen-bond donors (Lipinski definition) is 1. The Kier molecular flexibility index (Phi) is 9.85. The van der Waals surface area contributed by atoms with Crippen LogP contribution >= 0.6 is 0 Å². The van der Waals surface area contributed by atoms with E-state index in [1.54, 1.807) is 6.92 Å². The number of hydrogen-bond acceptors (Lipinski definition) is 6. The van der Waals surface area contributed by atoms with Gasteiger partial charge in [0.25, 0.3) is 0 Å². The summed E-state index contributed by atoms with van der Waals surface area (Å²) in [6, 6.07) is 19.5. The molecule has 31 heavy (non-hydrogen) atoms. The number of benzene rings is 3. The lowest BCUT2D eigenvalue weighted by atomic mass is 10.0. The first kappa shape index (κ1) is 24.7. The standard InChI is InChI=1S/C14H11N.C10H21NO4Si/c15-14-6-5-12-7-10-3-1-2-4-11(10)8-13(12)9-14;1-5-8-16(13-6-2,14-7-3)15-10(4)11-9-12/h1-9H,15H2;10H,5-8H2,1-4H3. The Morgan fingerprint density at radius 3 is 2.06 bits per heavy atom. The van der Waals surface area contributed by atoms with Crippen molar-refractivity contribution >= 4 is 42.1 Å². The van der Waals surface area contributed by atoms with Crippen LogP contribution in [0.4, 0.5) is 5.69 Å². The van der Waals surface area contributed by atoms with E-state index in [4.69, 9.17) is 19.0 Å². The van der Waals surface area contributed by atoms with E-state index in [1.165, 1.54) is 27.6 Å². The topological polar surface area (TPSA) is 83.1 Å². The molecule has 0 aromatic heterocycles. The predicted molar refractivity (Wildman–Crippen MR) is 129 cm³/mol. The minimum absolute atomic E-state index is 0.531. The van der Waals surface area contributed by atoms with Gasteiger partial charge >= 0.3 is 8.80 Å². The third kappa shape index (κ3) is 7.27. The maximum Gasteiger partial charge on any atom is 0.502 e. The fourth-order valence-electron chi connectivity index (χ4n) is 3.38. The van der Waals surface area contributed by atoms with Gasteiger partial charge in [-0.2, -0.15) is 4.99 Å². The van der Waals surface area contributed by atoms with Crippen LogP contribution in [-0.4, -0.2) is 34.3 Å². The SMILES string of the molecule is CCC[Si](OCC)(OCC)OC(C)N=C=O.Nc1ccc2cc3ccccc3cc2c1. The van der Waals surface area contributed by atoms with Gasteiger partial charge in [0.2, 0.25) is 6.08 Å². The van der Waals surface area contributed by atoms with Gasteiger partial charge in [-0.05, 0) is 66.6 Å². The van der Waals surface area contributed by atoms with Crippen molar-refractivity contribution in [2.75, 3.05) is 18.9 Å². The number of nitrogens with two attached hydrogens (primary N) is 1. The molecule has 2 N–H and O–H groups in total. The molecule has 0 radical (unpaired) electrons. The molecule has 0 amide bonds. The molecule has 0 aliphatic carbocycles. The Balaban J connectivity index is 0.000000220. The Hall–Kier alpha value is -2.54. The first-order valence-electron chi connectivity index (χ1n) is 10.7. The van der Waals surface area contributed by atoms with Gasteiger partial charge < -0.3 is 19.0 Å². The third-order valence-electron chi connectivity index (χ3n) is 4.60. The molecule has 3 rings (SSSR count). The highest BCUT2D eigenvalue weighted by atomic mass is 28.4. The van der Waals surface area contributed by atoms with E-state index < -0.39 is 15.0 Å². The third-order valence-corrected chi connectivity index (χ3v) is 7.87. The van der Waals surface area contributed by atoms with E-state index >= 15 is 0 Å². The van der Waals surface area contributed by atoms with Gasteiger partial charge in [0, 0.05) is 24.9 Å². The largest absolute Gasteiger partial charge is 0.502 e. The minimum Gasteiger partial charge on any atom is -0.399 e. The molecule has 0 aliphatic heterocycles. The normalized spacial score (nSPS) is 12.1. The molecule has 0 saturated heterocycles. The van der Waals surface area contributed by atoms with Crippen molar-refractivity contribution in [3.63, 3.8) is 0 Å². The zero-order chi connectivity index (χ0) is 22.7. The molecule has 0 fully saturated rings. The summed E-state index contributed by atoms with van der Waals surface area (Å²) in [5, 5.41) is 4.97. The van der Waals surface area contributed by atoms with Crippen LogP contribution in [-0.2, 0) is 18.1 Å². The van der Waals surface area contributed by atoms with Crippen molar-refractivity contribution in [2.45, 2.75) is 46.4 Å². The second-order valence-corrected chi connectivity index (χ2v) is 9.72. The molecule has 3 aromatic rings. The van der Waals surface area contributed by atoms with Crippen LogP contribution in [0, 0.1) is 0 Å². The molecule has 0 aliphatic rings. The van der Waals surface area contributed by atoms with E-state index in [9.17, 15) is 4.79 Å². The molecule has 0 heterocycles. The molecule has 1 unspecified atom stereocenters. The minimum atomic E-state index is -2.67. The second kappa shape index (κ2) is 12.3. The molecule has 7 heteroatoms. The maximum absolute atomic E-state index is 10.1. The summed E-state index contributed by atoms with van der Waals surface area (Å²) in [7, 11) is -2.67. The average Bonchev–Trinajstić information content (AvgIpc) is 2.73. The van der Waals surface area contributed by atoms with Gasteiger partial charge in [-0.1, -0.05) is 43.7 Å². The number of anilines is 1. The molecular formula is C24H32N2O4Si. The Bertz CT molecular complexity index is 1000. The van der Waals surface area contributed by atoms with Gasteiger partial charge in [-0.3, -0.25) is 0 Å². The Labute approximate surface area is 185 Å². The van der Waals surface area contributed by atoms with Crippen molar-refractivity contribution < 1.29 is 18.1 Å². The lowest BCUT2D eigenvalue weighted by Gasteiger charge is -2.29. The lowest BCUT2D eigenvalue weighted by Crippen LogP contribution is -2.47. The van der Waals surface area contributed by atoms with Gasteiger partial charge in [-0.25, -0.2) is 4.79 Å². The van der Waals surface area contributed by atoms with Crippen molar-refractivity contribution in [2.24, 2.45) is 4.99 Å². The zero-order valence-corrected chi connectivity index (χ0v) is 19.8. The van der Waals surface area contributed by atoms with Crippen LogP contribution in [0.5, 0.6) is 0 Å². The molecule has 0 spiro atoms. The van der Waals surface area contributed by atoms with Gasteiger partial charge in [0.15, 0.2) is 6.23 Å². The van der Waals surface area contributed by atoms with E-state index in [0.29, 0.717) is 13.2 Å². The molecule has 1 atom stereocenters. The Morgan fingerprint density at radius 2 is 1.52 bits per heavy atom. The highest BCUT2D eigenvalue weighted by molar-refractivity contribution is 6.60. The summed E-state index contributed by atoms with van der Waals surface area (Å²) in [6.45, 7) is 8.57. The molecule has 0 bridgehead atoms. The van der Waals surface area contributed by atoms with Crippen LogP contribution in [0.15, 0.2) is 59.6 Å². The molecular weight excluding hydrogens is 408 g/mol. The van der Waals surface area contributed by atoms with Gasteiger partial charge in [0.1, 0.15) is 0 Å². The van der Waals surface area contributed by atoms with E-state index in [0.717, 1.165) is 18.2 Å². The number of aliphatic imine (C=N–C) groups is 1. The number of nitrogens with zero attached hydrogens (tertiary/aromatic N) is 1. The lowest BCUT2D eigenvalue weighted by molar-refractivity contribution is 0.0412. The molecule has 3 aromatic carbocycles. The van der Waals surface area contributed by atoms with Crippen LogP contribution in [0.25, 0.3) is 21.5 Å². The highest BCUT2D eigenvalue weighted by Gasteiger charge is 2.41. The van der Waals surface area contributed by atoms with Gasteiger partial charge in [-0.15, -0.1) is 0 Å². The summed E-state index contributed by atoms with van der Waals surface area (Å²) in [5.74, 6) is 0. The van der Waals surface area contributed by atoms with E-state index in [1.807, 2.05) is 32.9 Å². The summed E-state index contributed by atoms with van der Waals surface area (Å²) < 4.78 is 16.9. The maximum atomic E-state index is 10.1. The summed E-state index contributed by atoms with van der Waals surface area (Å²) in [6.07, 6.45) is 1.82. The predicted octanol–water partition coefficient (Wildman–Crippen LogP) is 5.68. The second-order valence-electron chi connectivity index (χ2n) is 7.04. The fraction of sp³-hybridized carbons (Fsp3) is 0.375. The van der Waals surface area contributed by atoms with Crippen LogP contribution < -0.4 is 5.73 Å². The van der Waals surface area contributed by atoms with Crippen LogP contribution in [0.1, 0.15) is 34.1 Å². The summed E-state index contributed by atoms with van der Waals surface area (Å²) in [4.78, 5) is 13.6. The van der Waals surface area contributed by atoms with E-state index in [2.05, 4.69) is 47.5 Å². The number of isocyanates is 1. The molecule has 0 saturated carbocycles. The number of carbonyl (C=O) groups excluding carboxylic acids is 1. The molecule has 6 nitrogen and oxygen atoms in total. The number of fused-ring (bicyclic) bond motifs is 2. The number of rotatable bonds is 9. The first-order valence-corrected chi connectivity index (χ1v) is 12.6. The number of nitrogen functional groups attached to an aromatic ring is 1. The average molecular weight is 441 g/mol. The zero-order valence-electron chi connectivity index (χ0n) is 18.8. The summed E-state index contributed by atoms with van der Waals surface area (Å²) in [5.41, 5.74) is 6.59. The smallest absolute Gasteiger partial charge is 0.399 e. The van der Waals surface area contributed by atoms with Crippen molar-refractivity contribution in [3.05, 3.63) is 54.6 Å². The van der Waals surface area contributed by atoms with Crippen molar-refractivity contribution in [1.82, 2.24) is 0 Å². The fourth-order valence-corrected chi connectivity index (χ4v) is 6.07. The van der Waals surface area contributed by atoms with Crippen LogP contribution in [0.2, 0.25) is 6.04 Å². The van der Waals surface area contributed by atoms with Crippen molar-refractivity contribution in [3.8, 4) is 0 Å². The molecule has 166 valence electrons. The highest BCUT2D eigenvalue weighted by Crippen LogP contribution is 2.24. The van der Waals surface area contributed by atoms with E-state index in [-0.39, 0.29) is 0 Å². The monoisotopic (exact) mass is 440 g/mol. The quantitative estimate of drug-likeness (QED) is 0.152.